The molecule has 0 radical (unpaired) electrons. The molecule has 0 saturated heterocycles. The third-order valence-electron chi connectivity index (χ3n) is 1.41. The second kappa shape index (κ2) is 5.80. The Bertz CT molecular complexity index is 432. The molecule has 1 amide bonds. The van der Waals surface area contributed by atoms with E-state index in [0.717, 1.165) is 11.5 Å². The zero-order valence-corrected chi connectivity index (χ0v) is 10.9. The first kappa shape index (κ1) is 12.9. The molecule has 1 rings (SSSR count). The van der Waals surface area contributed by atoms with E-state index in [1.54, 1.807) is 0 Å². The molecule has 0 fully saturated rings. The highest BCUT2D eigenvalue weighted by molar-refractivity contribution is 14.1. The van der Waals surface area contributed by atoms with Crippen molar-refractivity contribution in [3.63, 3.8) is 0 Å². The zero-order chi connectivity index (χ0) is 12.1. The van der Waals surface area contributed by atoms with Crippen LogP contribution in [-0.2, 0) is 4.74 Å². The Morgan fingerprint density at radius 2 is 2.38 bits per heavy atom. The Labute approximate surface area is 109 Å². The number of hydrogen-bond acceptors (Lipinski definition) is 5. The van der Waals surface area contributed by atoms with Gasteiger partial charge in [-0.25, -0.2) is 9.59 Å². The minimum Gasteiger partial charge on any atom is -0.476 e. The van der Waals surface area contributed by atoms with Crippen LogP contribution in [-0.4, -0.2) is 28.1 Å². The van der Waals surface area contributed by atoms with E-state index < -0.39 is 12.1 Å². The Hall–Kier alpha value is -1.16. The summed E-state index contributed by atoms with van der Waals surface area (Å²) in [6.07, 6.45) is 0.676. The van der Waals surface area contributed by atoms with Crippen molar-refractivity contribution in [1.29, 1.82) is 0 Å². The Morgan fingerprint density at radius 1 is 1.69 bits per heavy atom. The summed E-state index contributed by atoms with van der Waals surface area (Å²) in [7, 11) is 0. The molecule has 0 saturated carbocycles. The first-order chi connectivity index (χ1) is 7.56. The summed E-state index contributed by atoms with van der Waals surface area (Å²) in [4.78, 5) is 22.0. The molecule has 0 bridgehead atoms. The molecule has 0 spiro atoms. The Balaban J connectivity index is 2.79. The highest BCUT2D eigenvalue weighted by Crippen LogP contribution is 2.26. The summed E-state index contributed by atoms with van der Waals surface area (Å²) >= 11 is 2.88. The maximum atomic E-state index is 11.2. The second-order valence-electron chi connectivity index (χ2n) is 2.50. The smallest absolute Gasteiger partial charge is 0.412 e. The molecule has 0 atom stereocenters. The van der Waals surface area contributed by atoms with Crippen LogP contribution < -0.4 is 5.32 Å². The summed E-state index contributed by atoms with van der Waals surface area (Å²) < 4.78 is 8.93. The topological polar surface area (TPSA) is 88.5 Å². The lowest BCUT2D eigenvalue weighted by atomic mass is 10.4. The third kappa shape index (κ3) is 3.17. The number of amides is 1. The van der Waals surface area contributed by atoms with Crippen LogP contribution in [0, 0.1) is 2.88 Å². The fourth-order valence-corrected chi connectivity index (χ4v) is 2.06. The first-order valence-corrected chi connectivity index (χ1v) is 5.84. The van der Waals surface area contributed by atoms with Gasteiger partial charge in [0.1, 0.15) is 15.2 Å². The van der Waals surface area contributed by atoms with Gasteiger partial charge in [-0.2, -0.15) is 4.37 Å². The van der Waals surface area contributed by atoms with E-state index in [2.05, 4.69) is 21.0 Å². The largest absolute Gasteiger partial charge is 0.476 e. The normalized spacial score (nSPS) is 9.56. The minimum atomic E-state index is -1.20. The molecule has 0 unspecified atom stereocenters. The molecule has 6 nitrogen and oxygen atoms in total. The fraction of sp³-hybridized carbons (Fsp3) is 0.125. The van der Waals surface area contributed by atoms with Gasteiger partial charge in [0.05, 0.1) is 0 Å². The summed E-state index contributed by atoms with van der Waals surface area (Å²) in [5, 5.41) is 11.1. The number of aromatic carboxylic acids is 1. The van der Waals surface area contributed by atoms with Crippen LogP contribution in [0.1, 0.15) is 10.5 Å². The maximum absolute atomic E-state index is 11.2. The number of carbonyl (C=O) groups is 2. The Morgan fingerprint density at radius 3 is 2.94 bits per heavy atom. The van der Waals surface area contributed by atoms with Crippen molar-refractivity contribution in [3.05, 3.63) is 21.2 Å². The van der Waals surface area contributed by atoms with Crippen LogP contribution in [0.4, 0.5) is 10.5 Å². The molecular formula is C8H7IN2O4S. The van der Waals surface area contributed by atoms with Crippen molar-refractivity contribution in [2.75, 3.05) is 11.9 Å². The number of carboxylic acid groups (broad SMARTS) is 1. The van der Waals surface area contributed by atoms with Crippen LogP contribution in [0.3, 0.4) is 0 Å². The number of aromatic nitrogens is 1. The van der Waals surface area contributed by atoms with Gasteiger partial charge in [-0.05, 0) is 34.1 Å². The van der Waals surface area contributed by atoms with E-state index in [1.165, 1.54) is 6.08 Å². The number of ether oxygens (including phenoxy) is 1. The number of nitrogens with zero attached hydrogens (tertiary/aromatic N) is 1. The van der Waals surface area contributed by atoms with Crippen molar-refractivity contribution < 1.29 is 19.4 Å². The molecule has 0 aliphatic rings. The van der Waals surface area contributed by atoms with Gasteiger partial charge in [-0.15, -0.1) is 0 Å². The number of carbonyl (C=O) groups excluding carboxylic acids is 1. The molecule has 1 heterocycles. The van der Waals surface area contributed by atoms with Crippen LogP contribution in [0.15, 0.2) is 12.7 Å². The zero-order valence-electron chi connectivity index (χ0n) is 7.90. The predicted molar refractivity (Wildman–Crippen MR) is 67.0 cm³/mol. The Kier molecular flexibility index (Phi) is 4.68. The second-order valence-corrected chi connectivity index (χ2v) is 5.08. The number of halogens is 1. The van der Waals surface area contributed by atoms with Gasteiger partial charge in [0, 0.05) is 0 Å². The van der Waals surface area contributed by atoms with Crippen LogP contribution >= 0.6 is 34.1 Å². The van der Waals surface area contributed by atoms with E-state index in [-0.39, 0.29) is 18.0 Å². The number of hydrogen-bond donors (Lipinski definition) is 2. The molecule has 1 aromatic heterocycles. The van der Waals surface area contributed by atoms with Gasteiger partial charge < -0.3 is 9.84 Å². The predicted octanol–water partition coefficient (Wildman–Crippen LogP) is 2.18. The van der Waals surface area contributed by atoms with E-state index in [4.69, 9.17) is 5.11 Å². The number of anilines is 1. The molecule has 8 heteroatoms. The van der Waals surface area contributed by atoms with Gasteiger partial charge in [-0.1, -0.05) is 12.7 Å². The van der Waals surface area contributed by atoms with E-state index in [9.17, 15) is 9.59 Å². The number of rotatable bonds is 4. The lowest BCUT2D eigenvalue weighted by molar-refractivity contribution is 0.0693. The lowest BCUT2D eigenvalue weighted by Crippen LogP contribution is -2.16. The molecule has 0 aliphatic carbocycles. The standard InChI is InChI=1S/C8H7IN2O4S/c1-2-3-15-8(14)10-4-5(7(12)13)11-16-6(4)9/h2H,1,3H2,(H,10,14)(H,12,13). The molecule has 0 aromatic carbocycles. The van der Waals surface area contributed by atoms with Crippen LogP contribution in [0.5, 0.6) is 0 Å². The SMILES string of the molecule is C=CCOC(=O)Nc1c(C(=O)O)nsc1I. The van der Waals surface area contributed by atoms with E-state index in [0.29, 0.717) is 2.88 Å². The molecule has 16 heavy (non-hydrogen) atoms. The number of nitrogens with one attached hydrogen (secondary N) is 1. The summed E-state index contributed by atoms with van der Waals surface area (Å²) in [6, 6.07) is 0. The van der Waals surface area contributed by atoms with Crippen molar-refractivity contribution in [2.45, 2.75) is 0 Å². The van der Waals surface area contributed by atoms with Gasteiger partial charge in [0.25, 0.3) is 0 Å². The third-order valence-corrected chi connectivity index (χ3v) is 3.18. The van der Waals surface area contributed by atoms with Gasteiger partial charge >= 0.3 is 12.1 Å². The van der Waals surface area contributed by atoms with E-state index >= 15 is 0 Å². The highest BCUT2D eigenvalue weighted by atomic mass is 127. The van der Waals surface area contributed by atoms with Crippen LogP contribution in [0.25, 0.3) is 0 Å². The monoisotopic (exact) mass is 354 g/mol. The molecule has 1 aromatic rings. The average molecular weight is 354 g/mol. The van der Waals surface area contributed by atoms with Crippen LogP contribution in [0.2, 0.25) is 0 Å². The highest BCUT2D eigenvalue weighted by Gasteiger charge is 2.20. The molecule has 86 valence electrons. The van der Waals surface area contributed by atoms with E-state index in [1.807, 2.05) is 22.6 Å². The van der Waals surface area contributed by atoms with Gasteiger partial charge in [-0.3, -0.25) is 5.32 Å². The molecule has 2 N–H and O–H groups in total. The first-order valence-electron chi connectivity index (χ1n) is 3.99. The fourth-order valence-electron chi connectivity index (χ4n) is 0.797. The van der Waals surface area contributed by atoms with Gasteiger partial charge in [0.2, 0.25) is 0 Å². The average Bonchev–Trinajstić information content (AvgIpc) is 2.58. The quantitative estimate of drug-likeness (QED) is 0.639. The van der Waals surface area contributed by atoms with Gasteiger partial charge in [0.15, 0.2) is 5.69 Å². The number of carboxylic acids is 1. The molecular weight excluding hydrogens is 347 g/mol. The van der Waals surface area contributed by atoms with Crippen molar-refractivity contribution in [1.82, 2.24) is 4.37 Å². The molecule has 0 aliphatic heterocycles. The lowest BCUT2D eigenvalue weighted by Gasteiger charge is -2.04. The maximum Gasteiger partial charge on any atom is 0.412 e. The van der Waals surface area contributed by atoms with Crippen molar-refractivity contribution in [2.24, 2.45) is 0 Å². The summed E-state index contributed by atoms with van der Waals surface area (Å²) in [6.45, 7) is 3.44. The van der Waals surface area contributed by atoms with Crippen molar-refractivity contribution >= 4 is 51.9 Å². The summed E-state index contributed by atoms with van der Waals surface area (Å²) in [5.41, 5.74) is -0.0304. The van der Waals surface area contributed by atoms with Crippen molar-refractivity contribution in [3.8, 4) is 0 Å². The summed E-state index contributed by atoms with van der Waals surface area (Å²) in [5.74, 6) is -1.20. The minimum absolute atomic E-state index is 0.0579.